The third kappa shape index (κ3) is 14.2. The van der Waals surface area contributed by atoms with Crippen LogP contribution >= 0.6 is 0 Å². The van der Waals surface area contributed by atoms with Gasteiger partial charge in [-0.05, 0) is 69.0 Å². The van der Waals surface area contributed by atoms with E-state index in [0.29, 0.717) is 48.4 Å². The van der Waals surface area contributed by atoms with Gasteiger partial charge in [0.15, 0.2) is 17.3 Å². The number of ether oxygens (including phenoxy) is 3. The molecule has 398 valence electrons. The number of likely N-dealkylation sites (N-methyl/N-ethyl adjacent to an activating group) is 1. The quantitative estimate of drug-likeness (QED) is 0.0650. The maximum absolute atomic E-state index is 14.5. The summed E-state index contributed by atoms with van der Waals surface area (Å²) in [6.07, 6.45) is 1.81. The van der Waals surface area contributed by atoms with E-state index < -0.39 is 41.4 Å². The van der Waals surface area contributed by atoms with Crippen molar-refractivity contribution in [1.82, 2.24) is 51.1 Å². The number of nitrogens with one attached hydrogen (secondary N) is 5. The molecule has 0 radical (unpaired) electrons. The van der Waals surface area contributed by atoms with Gasteiger partial charge in [0.2, 0.25) is 23.6 Å². The number of anilines is 1. The molecule has 1 fully saturated rings. The molecule has 74 heavy (non-hydrogen) atoms. The molecular weight excluding hydrogens is 952 g/mol. The number of carbonyl (C=O) groups is 5. The molecule has 2 aromatic carbocycles. The van der Waals surface area contributed by atoms with Gasteiger partial charge in [-0.25, -0.2) is 9.37 Å². The molecular formula is C53H71FN12O8. The summed E-state index contributed by atoms with van der Waals surface area (Å²) in [5.41, 5.74) is 8.55. The Morgan fingerprint density at radius 1 is 1.03 bits per heavy atom. The summed E-state index contributed by atoms with van der Waals surface area (Å²) < 4.78 is 33.7. The molecule has 5 amide bonds. The smallest absolute Gasteiger partial charge is 0.254 e. The van der Waals surface area contributed by atoms with Crippen LogP contribution in [0.2, 0.25) is 0 Å². The number of benzene rings is 2. The first-order valence-electron chi connectivity index (χ1n) is 25.1. The molecule has 4 aromatic rings. The van der Waals surface area contributed by atoms with E-state index in [9.17, 15) is 33.6 Å². The number of hydrogen-bond acceptors (Lipinski definition) is 14. The number of carbonyl (C=O) groups excluding carboxylic acids is 5. The van der Waals surface area contributed by atoms with Crippen LogP contribution in [0.15, 0.2) is 60.8 Å². The van der Waals surface area contributed by atoms with Gasteiger partial charge >= 0.3 is 0 Å². The second-order valence-electron chi connectivity index (χ2n) is 19.7. The standard InChI is InChI=1S/C53H71FN12O8/c1-9-40(34-13-11-10-12-14-34)61-50(69)42-27-37(30-65(42)52(71)47(53(4,5)6)62-49(68)32(2)57-7)58-19-22-73-24-23-72-21-17-45(67)59-18-20-66-43-31-64(8)51(70)38-16-15-36(54)26-39(38)33(3)74-44-25-35(29-60-48(44)56)46(43)41(28-55)63-66/h10-16,25-26,29,32-33,37,40,42,47,57-58H,9,17-24,27,30-31H2,1-8H3,(H2,56,60)(H,59,67)(H,61,69)(H,62,68)/t32-,33+,37-,40+,42-,47?/m0/s1. The monoisotopic (exact) mass is 1020 g/mol. The average Bonchev–Trinajstić information content (AvgIpc) is 3.97. The predicted octanol–water partition coefficient (Wildman–Crippen LogP) is 3.77. The molecule has 0 saturated carbocycles. The van der Waals surface area contributed by atoms with Crippen LogP contribution in [0.25, 0.3) is 11.1 Å². The largest absolute Gasteiger partial charge is 0.482 e. The number of nitrogens with zero attached hydrogens (tertiary/aromatic N) is 6. The first kappa shape index (κ1) is 56.3. The molecule has 2 aromatic heterocycles. The van der Waals surface area contributed by atoms with Crippen molar-refractivity contribution < 1.29 is 42.6 Å². The van der Waals surface area contributed by atoms with E-state index in [0.717, 1.165) is 5.56 Å². The van der Waals surface area contributed by atoms with Crippen molar-refractivity contribution in [2.45, 2.75) is 110 Å². The van der Waals surface area contributed by atoms with E-state index in [1.165, 1.54) is 29.3 Å². The van der Waals surface area contributed by atoms with E-state index in [1.54, 1.807) is 43.6 Å². The maximum atomic E-state index is 14.5. The highest BCUT2D eigenvalue weighted by atomic mass is 19.1. The van der Waals surface area contributed by atoms with Gasteiger partial charge in [-0.3, -0.25) is 28.7 Å². The fraction of sp³-hybridized carbons (Fsp3) is 0.509. The normalized spacial score (nSPS) is 17.8. The SMILES string of the molecule is CC[C@@H](NC(=O)[C@@H]1C[C@H](NCCOCCOCCC(=O)NCCn2nc(C#N)c3c2CN(C)C(=O)c2ccc(F)cc2[C@@H](C)Oc2cc-3cnc2N)CN1C(=O)C(NC(=O)[C@H](C)NC)C(C)(C)C)c1ccccc1. The van der Waals surface area contributed by atoms with Crippen LogP contribution in [-0.4, -0.2) is 138 Å². The first-order chi connectivity index (χ1) is 35.3. The van der Waals surface area contributed by atoms with E-state index >= 15 is 0 Å². The van der Waals surface area contributed by atoms with Crippen LogP contribution in [-0.2, 0) is 41.7 Å². The molecule has 2 aliphatic heterocycles. The lowest BCUT2D eigenvalue weighted by atomic mass is 9.85. The minimum atomic E-state index is -0.877. The number of nitrogen functional groups attached to an aromatic ring is 1. The van der Waals surface area contributed by atoms with E-state index in [2.05, 4.69) is 42.7 Å². The number of rotatable bonds is 21. The second kappa shape index (κ2) is 25.8. The van der Waals surface area contributed by atoms with Crippen molar-refractivity contribution in [2.75, 3.05) is 65.9 Å². The zero-order chi connectivity index (χ0) is 53.7. The van der Waals surface area contributed by atoms with Crippen molar-refractivity contribution in [3.63, 3.8) is 0 Å². The van der Waals surface area contributed by atoms with Gasteiger partial charge < -0.3 is 56.3 Å². The Morgan fingerprint density at radius 2 is 1.76 bits per heavy atom. The first-order valence-corrected chi connectivity index (χ1v) is 25.1. The Hall–Kier alpha value is -6.99. The number of hydrogen-bond donors (Lipinski definition) is 6. The van der Waals surface area contributed by atoms with Gasteiger partial charge in [0.25, 0.3) is 5.91 Å². The predicted molar refractivity (Wildman–Crippen MR) is 275 cm³/mol. The molecule has 20 nitrogen and oxygen atoms in total. The molecule has 0 aliphatic carbocycles. The van der Waals surface area contributed by atoms with Crippen LogP contribution in [0, 0.1) is 22.6 Å². The minimum absolute atomic E-state index is 0.0140. The summed E-state index contributed by atoms with van der Waals surface area (Å²) in [5, 5.41) is 30.1. The van der Waals surface area contributed by atoms with Crippen molar-refractivity contribution >= 4 is 35.4 Å². The Bertz CT molecular complexity index is 2650. The number of nitrogens with two attached hydrogens (primary N) is 1. The lowest BCUT2D eigenvalue weighted by molar-refractivity contribution is -0.144. The Labute approximate surface area is 432 Å². The second-order valence-corrected chi connectivity index (χ2v) is 19.7. The van der Waals surface area contributed by atoms with Gasteiger partial charge in [0.1, 0.15) is 30.1 Å². The van der Waals surface area contributed by atoms with Crippen LogP contribution in [0.5, 0.6) is 5.75 Å². The summed E-state index contributed by atoms with van der Waals surface area (Å²) >= 11 is 0. The number of halogens is 1. The van der Waals surface area contributed by atoms with Crippen molar-refractivity contribution in [3.05, 3.63) is 94.7 Å². The molecule has 1 unspecified atom stereocenters. The number of aromatic nitrogens is 3. The minimum Gasteiger partial charge on any atom is -0.482 e. The van der Waals surface area contributed by atoms with Crippen LogP contribution < -0.4 is 37.1 Å². The van der Waals surface area contributed by atoms with Crippen LogP contribution in [0.3, 0.4) is 0 Å². The zero-order valence-electron chi connectivity index (χ0n) is 43.6. The summed E-state index contributed by atoms with van der Waals surface area (Å²) in [4.78, 5) is 75.5. The number of pyridine rings is 1. The van der Waals surface area contributed by atoms with Crippen molar-refractivity contribution in [2.24, 2.45) is 5.41 Å². The van der Waals surface area contributed by atoms with Crippen LogP contribution in [0.4, 0.5) is 10.2 Å². The van der Waals surface area contributed by atoms with Crippen LogP contribution in [0.1, 0.15) is 106 Å². The molecule has 2 aliphatic rings. The van der Waals surface area contributed by atoms with Gasteiger partial charge in [0.05, 0.1) is 57.3 Å². The number of amides is 5. The molecule has 1 saturated heterocycles. The molecule has 4 heterocycles. The summed E-state index contributed by atoms with van der Waals surface area (Å²) in [6.45, 7) is 13.0. The summed E-state index contributed by atoms with van der Waals surface area (Å²) in [5.74, 6) is -1.86. The highest BCUT2D eigenvalue weighted by molar-refractivity contribution is 5.96. The molecule has 0 spiro atoms. The fourth-order valence-electron chi connectivity index (χ4n) is 9.01. The summed E-state index contributed by atoms with van der Waals surface area (Å²) in [7, 11) is 3.27. The molecule has 7 N–H and O–H groups in total. The Morgan fingerprint density at radius 3 is 2.45 bits per heavy atom. The topological polar surface area (TPSA) is 260 Å². The van der Waals surface area contributed by atoms with Crippen molar-refractivity contribution in [1.29, 1.82) is 5.26 Å². The Kier molecular flexibility index (Phi) is 19.6. The van der Waals surface area contributed by atoms with Gasteiger partial charge in [-0.1, -0.05) is 58.0 Å². The lowest BCUT2D eigenvalue weighted by Crippen LogP contribution is -2.59. The average molecular weight is 1020 g/mol. The van der Waals surface area contributed by atoms with E-state index in [4.69, 9.17) is 19.9 Å². The Balaban J connectivity index is 0.977. The molecule has 6 rings (SSSR count). The molecule has 2 bridgehead atoms. The molecule has 6 atom stereocenters. The lowest BCUT2D eigenvalue weighted by Gasteiger charge is -2.36. The van der Waals surface area contributed by atoms with Gasteiger partial charge in [-0.15, -0.1) is 0 Å². The van der Waals surface area contributed by atoms with Gasteiger partial charge in [-0.2, -0.15) is 10.4 Å². The fourth-order valence-corrected chi connectivity index (χ4v) is 9.01. The zero-order valence-corrected chi connectivity index (χ0v) is 43.6. The van der Waals surface area contributed by atoms with Crippen molar-refractivity contribution in [3.8, 4) is 22.9 Å². The summed E-state index contributed by atoms with van der Waals surface area (Å²) in [6, 6.07) is 14.7. The van der Waals surface area contributed by atoms with Gasteiger partial charge in [0, 0.05) is 67.6 Å². The number of nitriles is 1. The van der Waals surface area contributed by atoms with E-state index in [1.807, 2.05) is 58.0 Å². The molecule has 21 heteroatoms. The van der Waals surface area contributed by atoms with E-state index in [-0.39, 0.29) is 111 Å². The third-order valence-electron chi connectivity index (χ3n) is 13.3. The third-order valence-corrected chi connectivity index (χ3v) is 13.3. The highest BCUT2D eigenvalue weighted by Gasteiger charge is 2.45. The number of likely N-dealkylation sites (tertiary alicyclic amines) is 1. The maximum Gasteiger partial charge on any atom is 0.254 e. The highest BCUT2D eigenvalue weighted by Crippen LogP contribution is 2.36. The number of fused-ring (bicyclic) bond motifs is 5.